The van der Waals surface area contributed by atoms with Crippen LogP contribution in [-0.2, 0) is 0 Å². The first-order valence-electron chi connectivity index (χ1n) is 12.9. The van der Waals surface area contributed by atoms with Crippen molar-refractivity contribution in [2.45, 2.75) is 18.9 Å². The van der Waals surface area contributed by atoms with E-state index in [1.54, 1.807) is 7.11 Å². The van der Waals surface area contributed by atoms with Gasteiger partial charge in [0.1, 0.15) is 6.61 Å². The molecule has 7 nitrogen and oxygen atoms in total. The number of rotatable bonds is 6. The lowest BCUT2D eigenvalue weighted by Gasteiger charge is -2.36. The fourth-order valence-electron chi connectivity index (χ4n) is 5.52. The lowest BCUT2D eigenvalue weighted by molar-refractivity contribution is 0.0775. The van der Waals surface area contributed by atoms with Crippen LogP contribution in [0.2, 0.25) is 0 Å². The smallest absolute Gasteiger partial charge is 0.256 e. The van der Waals surface area contributed by atoms with Crippen LogP contribution in [0, 0.1) is 0 Å². The summed E-state index contributed by atoms with van der Waals surface area (Å²) in [6.07, 6.45) is 3.94. The molecule has 0 aliphatic carbocycles. The molecule has 0 N–H and O–H groups in total. The van der Waals surface area contributed by atoms with Gasteiger partial charge in [-0.2, -0.15) is 0 Å². The summed E-state index contributed by atoms with van der Waals surface area (Å²) in [6.45, 7) is 6.29. The van der Waals surface area contributed by atoms with Crippen molar-refractivity contribution < 1.29 is 14.3 Å². The fraction of sp³-hybridized carbons (Fsp3) is 0.379. The van der Waals surface area contributed by atoms with E-state index < -0.39 is 0 Å². The molecule has 0 aromatic heterocycles. The third kappa shape index (κ3) is 4.39. The zero-order valence-corrected chi connectivity index (χ0v) is 20.7. The molecular formula is C29H32N4O3. The van der Waals surface area contributed by atoms with E-state index in [-0.39, 0.29) is 11.9 Å². The molecular weight excluding hydrogens is 452 g/mol. The molecule has 36 heavy (non-hydrogen) atoms. The van der Waals surface area contributed by atoms with E-state index in [4.69, 9.17) is 9.47 Å². The molecule has 7 heteroatoms. The lowest BCUT2D eigenvalue weighted by atomic mass is 10.0. The van der Waals surface area contributed by atoms with Gasteiger partial charge in [0.05, 0.1) is 24.4 Å². The van der Waals surface area contributed by atoms with E-state index in [9.17, 15) is 4.79 Å². The number of para-hydroxylation sites is 1. The van der Waals surface area contributed by atoms with E-state index in [0.29, 0.717) is 23.7 Å². The molecule has 3 aliphatic heterocycles. The second kappa shape index (κ2) is 9.82. The first kappa shape index (κ1) is 22.9. The van der Waals surface area contributed by atoms with Crippen molar-refractivity contribution in [3.8, 4) is 11.5 Å². The minimum atomic E-state index is 0.0693. The van der Waals surface area contributed by atoms with Crippen LogP contribution in [0.5, 0.6) is 11.5 Å². The average molecular weight is 485 g/mol. The van der Waals surface area contributed by atoms with Gasteiger partial charge in [0, 0.05) is 51.2 Å². The quantitative estimate of drug-likeness (QED) is 0.520. The predicted octanol–water partition coefficient (Wildman–Crippen LogP) is 4.37. The Bertz CT molecular complexity index is 1280. The number of amides is 1. The zero-order chi connectivity index (χ0) is 24.5. The van der Waals surface area contributed by atoms with Gasteiger partial charge in [-0.25, -0.2) is 0 Å². The Morgan fingerprint density at radius 3 is 2.53 bits per heavy atom. The fourth-order valence-corrected chi connectivity index (χ4v) is 5.52. The summed E-state index contributed by atoms with van der Waals surface area (Å²) in [6, 6.07) is 18.6. The first-order chi connectivity index (χ1) is 17.7. The number of carbonyl (C=O) groups excluding carboxylic acids is 1. The summed E-state index contributed by atoms with van der Waals surface area (Å²) in [5, 5.41) is 1.95. The molecule has 3 aliphatic rings. The van der Waals surface area contributed by atoms with Crippen LogP contribution in [0.4, 0.5) is 11.4 Å². The number of benzene rings is 3. The van der Waals surface area contributed by atoms with Crippen LogP contribution in [-0.4, -0.2) is 80.9 Å². The van der Waals surface area contributed by atoms with Gasteiger partial charge >= 0.3 is 0 Å². The third-order valence-electron chi connectivity index (χ3n) is 7.57. The Morgan fingerprint density at radius 1 is 0.944 bits per heavy atom. The molecule has 0 saturated carbocycles. The molecule has 1 atom stereocenters. The number of methoxy groups -OCH3 is 1. The topological polar surface area (TPSA) is 57.6 Å². The molecule has 3 aromatic carbocycles. The van der Waals surface area contributed by atoms with Gasteiger partial charge in [0.25, 0.3) is 5.91 Å². The number of piperazine rings is 1. The minimum absolute atomic E-state index is 0.0693. The number of aliphatic imine (C=N–C) groups is 1. The summed E-state index contributed by atoms with van der Waals surface area (Å²) < 4.78 is 11.9. The van der Waals surface area contributed by atoms with Gasteiger partial charge in [-0.3, -0.25) is 14.7 Å². The number of fused-ring (bicyclic) bond motifs is 3. The molecule has 2 fully saturated rings. The number of nitrogens with zero attached hydrogens (tertiary/aromatic N) is 4. The van der Waals surface area contributed by atoms with Crippen LogP contribution in [0.3, 0.4) is 0 Å². The highest BCUT2D eigenvalue weighted by Crippen LogP contribution is 2.37. The highest BCUT2D eigenvalue weighted by atomic mass is 16.5. The average Bonchev–Trinajstić information content (AvgIpc) is 3.36. The molecule has 186 valence electrons. The maximum Gasteiger partial charge on any atom is 0.256 e. The summed E-state index contributed by atoms with van der Waals surface area (Å²) in [4.78, 5) is 24.7. The van der Waals surface area contributed by atoms with Crippen molar-refractivity contribution in [1.82, 2.24) is 9.80 Å². The van der Waals surface area contributed by atoms with Crippen molar-refractivity contribution >= 4 is 34.3 Å². The molecule has 6 rings (SSSR count). The molecule has 0 radical (unpaired) electrons. The SMILES string of the molecule is COc1cc2cc3c(cc2cc1OCCN1CCN(c2ccccc2)CC1)C(=O)N1CCC[C@H]1C=N3. The standard InChI is InChI=1S/C29H32N4O3/c1-35-27-18-22-17-26-25(29(34)33-9-5-8-24(33)20-30-26)16-21(22)19-28(27)36-15-14-31-10-12-32(13-11-31)23-6-3-2-4-7-23/h2-4,6-7,16-20,24H,5,8-15H2,1H3/t24-/m0/s1. The number of hydrogen-bond donors (Lipinski definition) is 0. The van der Waals surface area contributed by atoms with Crippen LogP contribution in [0.1, 0.15) is 23.2 Å². The van der Waals surface area contributed by atoms with Gasteiger partial charge in [-0.05, 0) is 60.0 Å². The number of carbonyl (C=O) groups is 1. The highest BCUT2D eigenvalue weighted by molar-refractivity contribution is 6.07. The van der Waals surface area contributed by atoms with Crippen LogP contribution in [0.15, 0.2) is 59.6 Å². The van der Waals surface area contributed by atoms with E-state index in [1.807, 2.05) is 35.4 Å². The summed E-state index contributed by atoms with van der Waals surface area (Å²) in [5.74, 6) is 1.47. The summed E-state index contributed by atoms with van der Waals surface area (Å²) in [7, 11) is 1.66. The molecule has 3 aromatic rings. The summed E-state index contributed by atoms with van der Waals surface area (Å²) in [5.41, 5.74) is 2.68. The van der Waals surface area contributed by atoms with Crippen molar-refractivity contribution in [2.24, 2.45) is 4.99 Å². The van der Waals surface area contributed by atoms with Crippen LogP contribution >= 0.6 is 0 Å². The highest BCUT2D eigenvalue weighted by Gasteiger charge is 2.31. The number of anilines is 1. The van der Waals surface area contributed by atoms with Crippen LogP contribution < -0.4 is 14.4 Å². The third-order valence-corrected chi connectivity index (χ3v) is 7.57. The van der Waals surface area contributed by atoms with Gasteiger partial charge in [-0.15, -0.1) is 0 Å². The largest absolute Gasteiger partial charge is 0.493 e. The Morgan fingerprint density at radius 2 is 1.72 bits per heavy atom. The first-order valence-corrected chi connectivity index (χ1v) is 12.9. The molecule has 1 amide bonds. The van der Waals surface area contributed by atoms with Gasteiger partial charge < -0.3 is 19.3 Å². The van der Waals surface area contributed by atoms with Crippen molar-refractivity contribution in [2.75, 3.05) is 57.9 Å². The Hall–Kier alpha value is -3.58. The Balaban J connectivity index is 1.14. The maximum absolute atomic E-state index is 13.2. The molecule has 3 heterocycles. The van der Waals surface area contributed by atoms with E-state index >= 15 is 0 Å². The number of hydrogen-bond acceptors (Lipinski definition) is 6. The molecule has 0 bridgehead atoms. The van der Waals surface area contributed by atoms with Crippen molar-refractivity contribution in [3.63, 3.8) is 0 Å². The van der Waals surface area contributed by atoms with Gasteiger partial charge in [0.2, 0.25) is 0 Å². The van der Waals surface area contributed by atoms with Gasteiger partial charge in [-0.1, -0.05) is 18.2 Å². The molecule has 2 saturated heterocycles. The second-order valence-electron chi connectivity index (χ2n) is 9.72. The second-order valence-corrected chi connectivity index (χ2v) is 9.72. The predicted molar refractivity (Wildman–Crippen MR) is 143 cm³/mol. The van der Waals surface area contributed by atoms with E-state index in [2.05, 4.69) is 45.1 Å². The number of ether oxygens (including phenoxy) is 2. The van der Waals surface area contributed by atoms with Crippen molar-refractivity contribution in [1.29, 1.82) is 0 Å². The normalized spacial score (nSPS) is 19.8. The Kier molecular flexibility index (Phi) is 6.23. The lowest BCUT2D eigenvalue weighted by Crippen LogP contribution is -2.47. The zero-order valence-electron chi connectivity index (χ0n) is 20.7. The van der Waals surface area contributed by atoms with Gasteiger partial charge in [0.15, 0.2) is 11.5 Å². The molecule has 0 spiro atoms. The molecule has 0 unspecified atom stereocenters. The van der Waals surface area contributed by atoms with E-state index in [0.717, 1.165) is 68.6 Å². The van der Waals surface area contributed by atoms with Crippen LogP contribution in [0.25, 0.3) is 10.8 Å². The monoisotopic (exact) mass is 484 g/mol. The van der Waals surface area contributed by atoms with Crippen molar-refractivity contribution in [3.05, 3.63) is 60.2 Å². The maximum atomic E-state index is 13.2. The Labute approximate surface area is 211 Å². The van der Waals surface area contributed by atoms with E-state index in [1.165, 1.54) is 5.69 Å². The minimum Gasteiger partial charge on any atom is -0.493 e. The summed E-state index contributed by atoms with van der Waals surface area (Å²) >= 11 is 0.